The standard InChI is InChI=1S/C14H11ClFN5/c15-10-5-8(1-3-11(10)16)12-4-2-9(7-20-12)14(18)13(6-17)21-19/h1-5,7,21H,18-19H2/b14-13-. The Bertz CT molecular complexity index is 734. The number of nitrogens with one attached hydrogen (secondary N) is 1. The molecule has 0 aliphatic rings. The van der Waals surface area contributed by atoms with Crippen LogP contribution in [0.4, 0.5) is 4.39 Å². The molecule has 0 fully saturated rings. The van der Waals surface area contributed by atoms with Crippen LogP contribution in [0.1, 0.15) is 5.56 Å². The van der Waals surface area contributed by atoms with Crippen molar-refractivity contribution in [3.63, 3.8) is 0 Å². The Hall–Kier alpha value is -2.62. The number of nitrogens with two attached hydrogens (primary N) is 2. The number of hydrazine groups is 1. The minimum absolute atomic E-state index is 0.0249. The molecule has 1 heterocycles. The Labute approximate surface area is 125 Å². The van der Waals surface area contributed by atoms with Crippen LogP contribution in [-0.4, -0.2) is 4.98 Å². The van der Waals surface area contributed by atoms with Crippen LogP contribution in [0.25, 0.3) is 17.0 Å². The molecule has 5 nitrogen and oxygen atoms in total. The maximum atomic E-state index is 13.1. The Morgan fingerprint density at radius 2 is 2.10 bits per heavy atom. The highest BCUT2D eigenvalue weighted by Crippen LogP contribution is 2.24. The molecule has 0 amide bonds. The number of hydrogen-bond donors (Lipinski definition) is 3. The number of rotatable bonds is 3. The zero-order chi connectivity index (χ0) is 15.4. The summed E-state index contributed by atoms with van der Waals surface area (Å²) in [6.07, 6.45) is 1.50. The van der Waals surface area contributed by atoms with E-state index in [0.717, 1.165) is 0 Å². The smallest absolute Gasteiger partial charge is 0.151 e. The van der Waals surface area contributed by atoms with Crippen molar-refractivity contribution in [2.45, 2.75) is 0 Å². The van der Waals surface area contributed by atoms with Crippen LogP contribution in [0.5, 0.6) is 0 Å². The molecule has 0 radical (unpaired) electrons. The summed E-state index contributed by atoms with van der Waals surface area (Å²) in [5.74, 6) is 4.70. The van der Waals surface area contributed by atoms with Crippen LogP contribution in [0.3, 0.4) is 0 Å². The third kappa shape index (κ3) is 3.11. The lowest BCUT2D eigenvalue weighted by Crippen LogP contribution is -2.23. The summed E-state index contributed by atoms with van der Waals surface area (Å²) < 4.78 is 13.1. The summed E-state index contributed by atoms with van der Waals surface area (Å²) in [6.45, 7) is 0. The van der Waals surface area contributed by atoms with Gasteiger partial charge in [-0.2, -0.15) is 5.26 Å². The molecule has 0 atom stereocenters. The average Bonchev–Trinajstić information content (AvgIpc) is 2.51. The van der Waals surface area contributed by atoms with E-state index in [0.29, 0.717) is 16.8 Å². The van der Waals surface area contributed by atoms with Crippen molar-refractivity contribution < 1.29 is 4.39 Å². The highest BCUT2D eigenvalue weighted by molar-refractivity contribution is 6.31. The number of benzene rings is 1. The lowest BCUT2D eigenvalue weighted by molar-refractivity contribution is 0.628. The third-order valence-corrected chi connectivity index (χ3v) is 3.10. The van der Waals surface area contributed by atoms with Gasteiger partial charge in [-0.15, -0.1) is 0 Å². The minimum Gasteiger partial charge on any atom is -0.396 e. The molecule has 2 aromatic rings. The quantitative estimate of drug-likeness (QED) is 0.458. The van der Waals surface area contributed by atoms with Gasteiger partial charge in [-0.3, -0.25) is 4.98 Å². The molecule has 0 aliphatic heterocycles. The Kier molecular flexibility index (Phi) is 4.38. The maximum absolute atomic E-state index is 13.1. The van der Waals surface area contributed by atoms with E-state index in [9.17, 15) is 4.39 Å². The molecule has 106 valence electrons. The lowest BCUT2D eigenvalue weighted by atomic mass is 10.1. The van der Waals surface area contributed by atoms with Crippen LogP contribution in [0.15, 0.2) is 42.2 Å². The average molecular weight is 304 g/mol. The van der Waals surface area contributed by atoms with Gasteiger partial charge in [0.25, 0.3) is 0 Å². The lowest BCUT2D eigenvalue weighted by Gasteiger charge is -2.06. The van der Waals surface area contributed by atoms with Crippen LogP contribution in [-0.2, 0) is 0 Å². The van der Waals surface area contributed by atoms with E-state index >= 15 is 0 Å². The number of hydrogen-bond acceptors (Lipinski definition) is 5. The van der Waals surface area contributed by atoms with E-state index < -0.39 is 5.82 Å². The number of nitrogens with zero attached hydrogens (tertiary/aromatic N) is 2. The van der Waals surface area contributed by atoms with E-state index in [-0.39, 0.29) is 16.4 Å². The normalized spacial score (nSPS) is 11.5. The van der Waals surface area contributed by atoms with Gasteiger partial charge in [0, 0.05) is 17.3 Å². The molecule has 0 bridgehead atoms. The van der Waals surface area contributed by atoms with Crippen LogP contribution >= 0.6 is 11.6 Å². The largest absolute Gasteiger partial charge is 0.396 e. The van der Waals surface area contributed by atoms with Crippen molar-refractivity contribution in [3.05, 3.63) is 58.6 Å². The summed E-state index contributed by atoms with van der Waals surface area (Å²) in [4.78, 5) is 4.22. The van der Waals surface area contributed by atoms with Gasteiger partial charge in [0.15, 0.2) is 5.70 Å². The molecule has 0 saturated carbocycles. The van der Waals surface area contributed by atoms with Gasteiger partial charge < -0.3 is 11.2 Å². The Morgan fingerprint density at radius 3 is 2.62 bits per heavy atom. The maximum Gasteiger partial charge on any atom is 0.151 e. The molecular formula is C14H11ClFN5. The number of allylic oxidation sites excluding steroid dienone is 1. The van der Waals surface area contributed by atoms with Crippen molar-refractivity contribution in [2.24, 2.45) is 11.6 Å². The summed E-state index contributed by atoms with van der Waals surface area (Å²) in [5.41, 5.74) is 10.1. The van der Waals surface area contributed by atoms with Crippen LogP contribution < -0.4 is 17.0 Å². The zero-order valence-corrected chi connectivity index (χ0v) is 11.5. The van der Waals surface area contributed by atoms with Gasteiger partial charge in [0.05, 0.1) is 16.4 Å². The first kappa shape index (κ1) is 14.8. The first-order valence-electron chi connectivity index (χ1n) is 5.85. The molecule has 5 N–H and O–H groups in total. The van der Waals surface area contributed by atoms with Crippen LogP contribution in [0, 0.1) is 17.1 Å². The van der Waals surface area contributed by atoms with Gasteiger partial charge in [-0.1, -0.05) is 11.6 Å². The highest BCUT2D eigenvalue weighted by atomic mass is 35.5. The molecule has 7 heteroatoms. The van der Waals surface area contributed by atoms with Crippen molar-refractivity contribution in [1.82, 2.24) is 10.4 Å². The third-order valence-electron chi connectivity index (χ3n) is 2.82. The topological polar surface area (TPSA) is 101 Å². The summed E-state index contributed by atoms with van der Waals surface area (Å²) >= 11 is 5.74. The van der Waals surface area contributed by atoms with Crippen molar-refractivity contribution in [1.29, 1.82) is 5.26 Å². The molecule has 0 saturated heterocycles. The molecule has 0 unspecified atom stereocenters. The molecule has 1 aromatic carbocycles. The number of pyridine rings is 1. The van der Waals surface area contributed by atoms with E-state index in [4.69, 9.17) is 28.4 Å². The van der Waals surface area contributed by atoms with E-state index in [1.54, 1.807) is 18.2 Å². The second-order valence-corrected chi connectivity index (χ2v) is 4.51. The summed E-state index contributed by atoms with van der Waals surface area (Å²) in [7, 11) is 0. The van der Waals surface area contributed by atoms with Crippen LogP contribution in [0.2, 0.25) is 5.02 Å². The Morgan fingerprint density at radius 1 is 1.33 bits per heavy atom. The molecular weight excluding hydrogens is 293 g/mol. The molecule has 21 heavy (non-hydrogen) atoms. The monoisotopic (exact) mass is 303 g/mol. The number of halogens is 2. The second kappa shape index (κ2) is 6.22. The second-order valence-electron chi connectivity index (χ2n) is 4.11. The highest BCUT2D eigenvalue weighted by Gasteiger charge is 2.07. The fraction of sp³-hybridized carbons (Fsp3) is 0. The van der Waals surface area contributed by atoms with E-state index in [1.165, 1.54) is 18.3 Å². The zero-order valence-electron chi connectivity index (χ0n) is 10.8. The van der Waals surface area contributed by atoms with Crippen molar-refractivity contribution in [2.75, 3.05) is 0 Å². The summed E-state index contributed by atoms with van der Waals surface area (Å²) in [5, 5.41) is 8.87. The van der Waals surface area contributed by atoms with Gasteiger partial charge in [0.2, 0.25) is 0 Å². The van der Waals surface area contributed by atoms with Gasteiger partial charge in [0.1, 0.15) is 11.9 Å². The first-order chi connectivity index (χ1) is 10.1. The number of aromatic nitrogens is 1. The number of nitriles is 1. The predicted molar refractivity (Wildman–Crippen MR) is 78.7 cm³/mol. The first-order valence-corrected chi connectivity index (χ1v) is 6.23. The fourth-order valence-electron chi connectivity index (χ4n) is 1.69. The fourth-order valence-corrected chi connectivity index (χ4v) is 1.87. The van der Waals surface area contributed by atoms with Crippen molar-refractivity contribution >= 4 is 17.3 Å². The minimum atomic E-state index is -0.489. The predicted octanol–water partition coefficient (Wildman–Crippen LogP) is 2.16. The summed E-state index contributed by atoms with van der Waals surface area (Å²) in [6, 6.07) is 9.55. The molecule has 2 rings (SSSR count). The molecule has 0 aliphatic carbocycles. The van der Waals surface area contributed by atoms with Gasteiger partial charge >= 0.3 is 0 Å². The van der Waals surface area contributed by atoms with E-state index in [2.05, 4.69) is 10.4 Å². The molecule has 0 spiro atoms. The van der Waals surface area contributed by atoms with Crippen molar-refractivity contribution in [3.8, 4) is 17.3 Å². The van der Waals surface area contributed by atoms with Gasteiger partial charge in [-0.25, -0.2) is 10.2 Å². The molecule has 1 aromatic heterocycles. The Balaban J connectivity index is 2.37. The van der Waals surface area contributed by atoms with Gasteiger partial charge in [-0.05, 0) is 30.3 Å². The SMILES string of the molecule is N#C/C(NN)=C(/N)c1ccc(-c2ccc(F)c(Cl)c2)nc1. The van der Waals surface area contributed by atoms with E-state index in [1.807, 2.05) is 6.07 Å².